The summed E-state index contributed by atoms with van der Waals surface area (Å²) in [4.78, 5) is 7.31. The van der Waals surface area contributed by atoms with Crippen molar-refractivity contribution in [3.05, 3.63) is 35.9 Å². The van der Waals surface area contributed by atoms with Crippen molar-refractivity contribution >= 4 is 16.7 Å². The molecule has 21 heavy (non-hydrogen) atoms. The SMILES string of the molecule is CC(C)(C)C1CCN(c2nc3ccccc3cc2CN)C1. The number of hydrogen-bond acceptors (Lipinski definition) is 3. The van der Waals surface area contributed by atoms with Gasteiger partial charge >= 0.3 is 0 Å². The van der Waals surface area contributed by atoms with Crippen molar-refractivity contribution in [3.8, 4) is 0 Å². The van der Waals surface area contributed by atoms with E-state index in [0.29, 0.717) is 12.0 Å². The largest absolute Gasteiger partial charge is 0.356 e. The molecule has 2 heterocycles. The summed E-state index contributed by atoms with van der Waals surface area (Å²) >= 11 is 0. The first-order valence-corrected chi connectivity index (χ1v) is 7.82. The summed E-state index contributed by atoms with van der Waals surface area (Å²) in [5, 5.41) is 1.17. The van der Waals surface area contributed by atoms with Crippen molar-refractivity contribution in [3.63, 3.8) is 0 Å². The first-order valence-electron chi connectivity index (χ1n) is 7.82. The third kappa shape index (κ3) is 2.75. The minimum atomic E-state index is 0.356. The maximum absolute atomic E-state index is 5.96. The fourth-order valence-electron chi connectivity index (χ4n) is 3.23. The second-order valence-corrected chi connectivity index (χ2v) is 7.17. The molecule has 0 saturated carbocycles. The lowest BCUT2D eigenvalue weighted by molar-refractivity contribution is 0.263. The van der Waals surface area contributed by atoms with Gasteiger partial charge in [0.1, 0.15) is 5.82 Å². The zero-order chi connectivity index (χ0) is 15.0. The molecule has 3 heteroatoms. The van der Waals surface area contributed by atoms with Crippen LogP contribution in [0.3, 0.4) is 0 Å². The molecule has 1 aliphatic heterocycles. The van der Waals surface area contributed by atoms with Gasteiger partial charge in [-0.1, -0.05) is 39.0 Å². The van der Waals surface area contributed by atoms with Gasteiger partial charge in [0.25, 0.3) is 0 Å². The van der Waals surface area contributed by atoms with Crippen LogP contribution in [0, 0.1) is 11.3 Å². The first kappa shape index (κ1) is 14.3. The molecule has 0 radical (unpaired) electrons. The molecule has 0 spiro atoms. The van der Waals surface area contributed by atoms with Crippen LogP contribution in [0.5, 0.6) is 0 Å². The molecular formula is C18H25N3. The number of pyridine rings is 1. The van der Waals surface area contributed by atoms with Crippen LogP contribution < -0.4 is 10.6 Å². The summed E-state index contributed by atoms with van der Waals surface area (Å²) in [6.45, 7) is 9.71. The fraction of sp³-hybridized carbons (Fsp3) is 0.500. The predicted octanol–water partition coefficient (Wildman–Crippen LogP) is 3.57. The van der Waals surface area contributed by atoms with Gasteiger partial charge in [-0.3, -0.25) is 0 Å². The molecule has 1 saturated heterocycles. The third-order valence-corrected chi connectivity index (χ3v) is 4.71. The smallest absolute Gasteiger partial charge is 0.133 e. The maximum atomic E-state index is 5.96. The third-order valence-electron chi connectivity index (χ3n) is 4.71. The molecule has 3 nitrogen and oxygen atoms in total. The molecule has 1 aliphatic rings. The van der Waals surface area contributed by atoms with Crippen LogP contribution in [-0.4, -0.2) is 18.1 Å². The summed E-state index contributed by atoms with van der Waals surface area (Å²) < 4.78 is 0. The Morgan fingerprint density at radius 1 is 1.29 bits per heavy atom. The predicted molar refractivity (Wildman–Crippen MR) is 89.4 cm³/mol. The lowest BCUT2D eigenvalue weighted by Crippen LogP contribution is -2.27. The number of para-hydroxylation sites is 1. The Labute approximate surface area is 127 Å². The van der Waals surface area contributed by atoms with Crippen molar-refractivity contribution in [2.75, 3.05) is 18.0 Å². The molecule has 1 aromatic heterocycles. The topological polar surface area (TPSA) is 42.2 Å². The highest BCUT2D eigenvalue weighted by Crippen LogP contribution is 2.36. The standard InChI is InChI=1S/C18H25N3/c1-18(2,3)15-8-9-21(12-15)17-14(11-19)10-13-6-4-5-7-16(13)20-17/h4-7,10,15H,8-9,11-12,19H2,1-3H3. The van der Waals surface area contributed by atoms with Crippen LogP contribution in [0.1, 0.15) is 32.8 Å². The molecule has 112 valence electrons. The van der Waals surface area contributed by atoms with E-state index in [4.69, 9.17) is 10.7 Å². The molecule has 1 fully saturated rings. The average molecular weight is 283 g/mol. The average Bonchev–Trinajstić information content (AvgIpc) is 2.95. The van der Waals surface area contributed by atoms with Crippen molar-refractivity contribution in [1.29, 1.82) is 0 Å². The summed E-state index contributed by atoms with van der Waals surface area (Å²) in [5.74, 6) is 1.80. The summed E-state index contributed by atoms with van der Waals surface area (Å²) in [6, 6.07) is 10.5. The van der Waals surface area contributed by atoms with Crippen molar-refractivity contribution in [2.24, 2.45) is 17.1 Å². The number of hydrogen-bond donors (Lipinski definition) is 1. The Bertz CT molecular complexity index is 642. The normalized spacial score (nSPS) is 19.4. The Morgan fingerprint density at radius 3 is 2.71 bits per heavy atom. The number of anilines is 1. The van der Waals surface area contributed by atoms with Crippen LogP contribution in [0.25, 0.3) is 10.9 Å². The van der Waals surface area contributed by atoms with Crippen LogP contribution in [0.15, 0.2) is 30.3 Å². The van der Waals surface area contributed by atoms with Gasteiger partial charge in [0.05, 0.1) is 5.52 Å². The van der Waals surface area contributed by atoms with Gasteiger partial charge in [0.15, 0.2) is 0 Å². The Morgan fingerprint density at radius 2 is 2.05 bits per heavy atom. The van der Waals surface area contributed by atoms with Gasteiger partial charge in [-0.15, -0.1) is 0 Å². The quantitative estimate of drug-likeness (QED) is 0.916. The van der Waals surface area contributed by atoms with Crippen molar-refractivity contribution in [1.82, 2.24) is 4.98 Å². The summed E-state index contributed by atoms with van der Waals surface area (Å²) in [5.41, 5.74) is 8.53. The van der Waals surface area contributed by atoms with Crippen LogP contribution in [0.2, 0.25) is 0 Å². The molecule has 1 unspecified atom stereocenters. The molecule has 2 aromatic rings. The van der Waals surface area contributed by atoms with E-state index in [-0.39, 0.29) is 0 Å². The van der Waals surface area contributed by atoms with Gasteiger partial charge in [0, 0.05) is 30.6 Å². The van der Waals surface area contributed by atoms with E-state index in [1.807, 2.05) is 6.07 Å². The highest BCUT2D eigenvalue weighted by Gasteiger charge is 2.33. The van der Waals surface area contributed by atoms with E-state index in [9.17, 15) is 0 Å². The molecule has 2 N–H and O–H groups in total. The van der Waals surface area contributed by atoms with Crippen LogP contribution in [0.4, 0.5) is 5.82 Å². The van der Waals surface area contributed by atoms with Crippen LogP contribution >= 0.6 is 0 Å². The highest BCUT2D eigenvalue weighted by molar-refractivity contribution is 5.81. The van der Waals surface area contributed by atoms with Gasteiger partial charge in [-0.2, -0.15) is 0 Å². The van der Waals surface area contributed by atoms with E-state index in [1.54, 1.807) is 0 Å². The van der Waals surface area contributed by atoms with Crippen LogP contribution in [-0.2, 0) is 6.54 Å². The summed E-state index contributed by atoms with van der Waals surface area (Å²) in [6.07, 6.45) is 1.24. The fourth-order valence-corrected chi connectivity index (χ4v) is 3.23. The lowest BCUT2D eigenvalue weighted by atomic mass is 9.80. The van der Waals surface area contributed by atoms with Gasteiger partial charge in [-0.05, 0) is 29.9 Å². The molecule has 3 rings (SSSR count). The molecule has 0 bridgehead atoms. The second-order valence-electron chi connectivity index (χ2n) is 7.17. The molecular weight excluding hydrogens is 258 g/mol. The minimum absolute atomic E-state index is 0.356. The number of rotatable bonds is 2. The van der Waals surface area contributed by atoms with E-state index in [2.05, 4.69) is 49.9 Å². The van der Waals surface area contributed by atoms with E-state index in [1.165, 1.54) is 11.8 Å². The Balaban J connectivity index is 1.97. The molecule has 0 amide bonds. The van der Waals surface area contributed by atoms with Crippen molar-refractivity contribution < 1.29 is 0 Å². The molecule has 0 aliphatic carbocycles. The zero-order valence-electron chi connectivity index (χ0n) is 13.3. The second kappa shape index (κ2) is 5.30. The molecule has 1 aromatic carbocycles. The van der Waals surface area contributed by atoms with E-state index in [0.717, 1.165) is 35.9 Å². The van der Waals surface area contributed by atoms with E-state index < -0.39 is 0 Å². The number of benzene rings is 1. The first-order chi connectivity index (χ1) is 9.99. The Kier molecular flexibility index (Phi) is 3.62. The summed E-state index contributed by atoms with van der Waals surface area (Å²) in [7, 11) is 0. The van der Waals surface area contributed by atoms with Gasteiger partial charge in [-0.25, -0.2) is 4.98 Å². The number of nitrogens with zero attached hydrogens (tertiary/aromatic N) is 2. The highest BCUT2D eigenvalue weighted by atomic mass is 15.2. The number of nitrogens with two attached hydrogens (primary N) is 1. The number of fused-ring (bicyclic) bond motifs is 1. The van der Waals surface area contributed by atoms with E-state index >= 15 is 0 Å². The monoisotopic (exact) mass is 283 g/mol. The van der Waals surface area contributed by atoms with Crippen molar-refractivity contribution in [2.45, 2.75) is 33.7 Å². The Hall–Kier alpha value is -1.61. The lowest BCUT2D eigenvalue weighted by Gasteiger charge is -2.27. The van der Waals surface area contributed by atoms with Gasteiger partial charge in [0.2, 0.25) is 0 Å². The minimum Gasteiger partial charge on any atom is -0.356 e. The zero-order valence-corrected chi connectivity index (χ0v) is 13.3. The molecule has 1 atom stereocenters. The maximum Gasteiger partial charge on any atom is 0.133 e. The number of aromatic nitrogens is 1. The van der Waals surface area contributed by atoms with Gasteiger partial charge < -0.3 is 10.6 Å².